The Hall–Kier alpha value is -2.63. The van der Waals surface area contributed by atoms with Crippen LogP contribution < -0.4 is 10.6 Å². The Morgan fingerprint density at radius 3 is 2.59 bits per heavy atom. The second-order valence-corrected chi connectivity index (χ2v) is 5.58. The van der Waals surface area contributed by atoms with Crippen molar-refractivity contribution in [3.8, 4) is 0 Å². The van der Waals surface area contributed by atoms with Gasteiger partial charge in [0.25, 0.3) is 5.78 Å². The molecule has 0 spiro atoms. The summed E-state index contributed by atoms with van der Waals surface area (Å²) in [6, 6.07) is 11.7. The molecule has 4 rings (SSSR count). The summed E-state index contributed by atoms with van der Waals surface area (Å²) in [4.78, 5) is 19.1. The van der Waals surface area contributed by atoms with Crippen molar-refractivity contribution in [2.75, 3.05) is 18.0 Å². The maximum Gasteiger partial charge on any atom is 0.351 e. The molecule has 6 nitrogen and oxygen atoms in total. The van der Waals surface area contributed by atoms with Crippen molar-refractivity contribution >= 4 is 11.6 Å². The van der Waals surface area contributed by atoms with Gasteiger partial charge in [0.05, 0.1) is 6.54 Å². The molecule has 6 heteroatoms. The Kier molecular flexibility index (Phi) is 3.14. The van der Waals surface area contributed by atoms with E-state index in [9.17, 15) is 4.79 Å². The number of hydrogen-bond donors (Lipinski definition) is 0. The van der Waals surface area contributed by atoms with E-state index >= 15 is 0 Å². The standard InChI is InChI=1S/C16H17N5O/c22-16-20-11-8-14(19-9-4-5-10-19)17-15(20)18-21(16)12-13-6-2-1-3-7-13/h1-3,6-8,11H,4-5,9-10,12H2. The molecule has 3 heterocycles. The van der Waals surface area contributed by atoms with Crippen molar-refractivity contribution in [2.45, 2.75) is 19.4 Å². The molecule has 1 aliphatic heterocycles. The van der Waals surface area contributed by atoms with E-state index in [1.807, 2.05) is 36.4 Å². The van der Waals surface area contributed by atoms with Crippen LogP contribution >= 0.6 is 0 Å². The first-order valence-corrected chi connectivity index (χ1v) is 7.56. The Morgan fingerprint density at radius 2 is 1.82 bits per heavy atom. The number of nitrogens with zero attached hydrogens (tertiary/aromatic N) is 5. The summed E-state index contributed by atoms with van der Waals surface area (Å²) < 4.78 is 2.97. The molecule has 22 heavy (non-hydrogen) atoms. The molecule has 0 atom stereocenters. The predicted molar refractivity (Wildman–Crippen MR) is 84.2 cm³/mol. The zero-order valence-electron chi connectivity index (χ0n) is 12.2. The van der Waals surface area contributed by atoms with Crippen molar-refractivity contribution in [3.63, 3.8) is 0 Å². The smallest absolute Gasteiger partial charge is 0.351 e. The molecule has 0 aliphatic carbocycles. The summed E-state index contributed by atoms with van der Waals surface area (Å²) in [5, 5.41) is 4.37. The van der Waals surface area contributed by atoms with E-state index in [-0.39, 0.29) is 5.69 Å². The molecule has 1 fully saturated rings. The average molecular weight is 295 g/mol. The summed E-state index contributed by atoms with van der Waals surface area (Å²) >= 11 is 0. The van der Waals surface area contributed by atoms with Crippen LogP contribution in [0, 0.1) is 0 Å². The van der Waals surface area contributed by atoms with Gasteiger partial charge in [-0.25, -0.2) is 13.9 Å². The van der Waals surface area contributed by atoms with Gasteiger partial charge in [0.15, 0.2) is 0 Å². The van der Waals surface area contributed by atoms with Crippen LogP contribution in [0.5, 0.6) is 0 Å². The quantitative estimate of drug-likeness (QED) is 0.735. The van der Waals surface area contributed by atoms with Gasteiger partial charge in [-0.2, -0.15) is 4.98 Å². The van der Waals surface area contributed by atoms with Gasteiger partial charge in [-0.3, -0.25) is 0 Å². The summed E-state index contributed by atoms with van der Waals surface area (Å²) in [5.74, 6) is 1.37. The Balaban J connectivity index is 1.71. The third kappa shape index (κ3) is 2.26. The average Bonchev–Trinajstić information content (AvgIpc) is 3.18. The lowest BCUT2D eigenvalue weighted by molar-refractivity contribution is 0.658. The van der Waals surface area contributed by atoms with Crippen molar-refractivity contribution in [3.05, 3.63) is 58.6 Å². The zero-order chi connectivity index (χ0) is 14.9. The van der Waals surface area contributed by atoms with Crippen LogP contribution in [0.2, 0.25) is 0 Å². The second kappa shape index (κ2) is 5.29. The highest BCUT2D eigenvalue weighted by Gasteiger charge is 2.15. The largest absolute Gasteiger partial charge is 0.356 e. The number of fused-ring (bicyclic) bond motifs is 1. The summed E-state index contributed by atoms with van der Waals surface area (Å²) in [6.45, 7) is 2.51. The van der Waals surface area contributed by atoms with E-state index in [0.717, 1.165) is 24.5 Å². The molecule has 0 unspecified atom stereocenters. The normalized spacial score (nSPS) is 14.8. The number of rotatable bonds is 3. The molecular weight excluding hydrogens is 278 g/mol. The highest BCUT2D eigenvalue weighted by Crippen LogP contribution is 2.17. The summed E-state index contributed by atoms with van der Waals surface area (Å²) in [7, 11) is 0. The molecule has 0 radical (unpaired) electrons. The Labute approximate surface area is 127 Å². The lowest BCUT2D eigenvalue weighted by atomic mass is 10.2. The zero-order valence-corrected chi connectivity index (χ0v) is 12.2. The fraction of sp³-hybridized carbons (Fsp3) is 0.312. The van der Waals surface area contributed by atoms with Gasteiger partial charge in [0.2, 0.25) is 0 Å². The Morgan fingerprint density at radius 1 is 1.05 bits per heavy atom. The minimum absolute atomic E-state index is 0.153. The van der Waals surface area contributed by atoms with Crippen LogP contribution in [0.4, 0.5) is 5.82 Å². The maximum atomic E-state index is 12.4. The number of benzene rings is 1. The van der Waals surface area contributed by atoms with Gasteiger partial charge in [0, 0.05) is 19.3 Å². The van der Waals surface area contributed by atoms with Crippen LogP contribution in [0.25, 0.3) is 5.78 Å². The molecule has 0 saturated carbocycles. The molecule has 1 aromatic carbocycles. The van der Waals surface area contributed by atoms with Gasteiger partial charge < -0.3 is 4.90 Å². The summed E-state index contributed by atoms with van der Waals surface area (Å²) in [6.07, 6.45) is 4.16. The highest BCUT2D eigenvalue weighted by molar-refractivity contribution is 5.44. The molecule has 3 aromatic rings. The van der Waals surface area contributed by atoms with Gasteiger partial charge in [0.1, 0.15) is 5.82 Å². The van der Waals surface area contributed by atoms with Crippen LogP contribution in [-0.2, 0) is 6.54 Å². The minimum Gasteiger partial charge on any atom is -0.356 e. The van der Waals surface area contributed by atoms with Crippen molar-refractivity contribution < 1.29 is 0 Å². The fourth-order valence-electron chi connectivity index (χ4n) is 2.88. The first kappa shape index (κ1) is 13.1. The lowest BCUT2D eigenvalue weighted by Gasteiger charge is -2.15. The fourth-order valence-corrected chi connectivity index (χ4v) is 2.88. The first-order chi connectivity index (χ1) is 10.8. The molecule has 1 aliphatic rings. The third-order valence-corrected chi connectivity index (χ3v) is 4.04. The van der Waals surface area contributed by atoms with Crippen molar-refractivity contribution in [2.24, 2.45) is 0 Å². The van der Waals surface area contributed by atoms with Gasteiger partial charge in [-0.1, -0.05) is 30.3 Å². The van der Waals surface area contributed by atoms with Gasteiger partial charge in [-0.05, 0) is 24.5 Å². The lowest BCUT2D eigenvalue weighted by Crippen LogP contribution is -2.22. The van der Waals surface area contributed by atoms with E-state index < -0.39 is 0 Å². The Bertz CT molecular complexity index is 846. The molecule has 112 valence electrons. The first-order valence-electron chi connectivity index (χ1n) is 7.56. The molecule has 0 N–H and O–H groups in total. The number of anilines is 1. The molecular formula is C16H17N5O. The van der Waals surface area contributed by atoms with Crippen molar-refractivity contribution in [1.29, 1.82) is 0 Å². The van der Waals surface area contributed by atoms with E-state index in [1.165, 1.54) is 21.9 Å². The molecule has 0 amide bonds. The monoisotopic (exact) mass is 295 g/mol. The van der Waals surface area contributed by atoms with E-state index in [1.54, 1.807) is 6.20 Å². The molecule has 1 saturated heterocycles. The molecule has 0 bridgehead atoms. The highest BCUT2D eigenvalue weighted by atomic mass is 16.2. The SMILES string of the molecule is O=c1n(Cc2ccccc2)nc2nc(N3CCCC3)ccn12. The maximum absolute atomic E-state index is 12.4. The van der Waals surface area contributed by atoms with Gasteiger partial charge in [-0.15, -0.1) is 5.10 Å². The van der Waals surface area contributed by atoms with E-state index in [2.05, 4.69) is 15.0 Å². The summed E-state index contributed by atoms with van der Waals surface area (Å²) in [5.41, 5.74) is 0.895. The van der Waals surface area contributed by atoms with Crippen molar-refractivity contribution in [1.82, 2.24) is 19.2 Å². The van der Waals surface area contributed by atoms with E-state index in [4.69, 9.17) is 0 Å². The van der Waals surface area contributed by atoms with Crippen LogP contribution in [0.3, 0.4) is 0 Å². The van der Waals surface area contributed by atoms with Crippen LogP contribution in [-0.4, -0.2) is 32.3 Å². The van der Waals surface area contributed by atoms with E-state index in [0.29, 0.717) is 12.3 Å². The third-order valence-electron chi connectivity index (χ3n) is 4.04. The van der Waals surface area contributed by atoms with Crippen LogP contribution in [0.1, 0.15) is 18.4 Å². The number of aromatic nitrogens is 4. The second-order valence-electron chi connectivity index (χ2n) is 5.58. The van der Waals surface area contributed by atoms with Gasteiger partial charge >= 0.3 is 5.69 Å². The topological polar surface area (TPSA) is 55.4 Å². The number of hydrogen-bond acceptors (Lipinski definition) is 4. The van der Waals surface area contributed by atoms with Crippen LogP contribution in [0.15, 0.2) is 47.4 Å². The predicted octanol–water partition coefficient (Wildman–Crippen LogP) is 1.54. The minimum atomic E-state index is -0.153. The molecule has 2 aromatic heterocycles.